The molecule has 0 radical (unpaired) electrons. The number of ketones is 1. The average Bonchev–Trinajstić information content (AvgIpc) is 3.42. The second-order valence-electron chi connectivity index (χ2n) is 9.75. The first kappa shape index (κ1) is 24.1. The van der Waals surface area contributed by atoms with Gasteiger partial charge in [0, 0.05) is 27.9 Å². The average molecular weight is 539 g/mol. The molecule has 0 saturated heterocycles. The van der Waals surface area contributed by atoms with Gasteiger partial charge >= 0.3 is 0 Å². The maximum absolute atomic E-state index is 13.1. The van der Waals surface area contributed by atoms with Gasteiger partial charge in [-0.05, 0) is 86.9 Å². The summed E-state index contributed by atoms with van der Waals surface area (Å²) in [7, 11) is 1.61. The number of hydrogen-bond donors (Lipinski definition) is 0. The molecular weight excluding hydrogens is 516 g/mol. The van der Waals surface area contributed by atoms with E-state index in [0.29, 0.717) is 16.3 Å². The summed E-state index contributed by atoms with van der Waals surface area (Å²) in [4.78, 5) is 13.1. The van der Waals surface area contributed by atoms with E-state index in [0.717, 1.165) is 27.9 Å². The van der Waals surface area contributed by atoms with Crippen molar-refractivity contribution >= 4 is 55.8 Å². The molecule has 0 aliphatic heterocycles. The molecule has 7 aromatic rings. The predicted molar refractivity (Wildman–Crippen MR) is 164 cm³/mol. The van der Waals surface area contributed by atoms with Gasteiger partial charge in [-0.2, -0.15) is 5.10 Å². The van der Waals surface area contributed by atoms with Crippen LogP contribution in [0.4, 0.5) is 0 Å². The third-order valence-corrected chi connectivity index (χ3v) is 7.62. The number of allylic oxidation sites excluding steroid dienone is 1. The second-order valence-corrected chi connectivity index (χ2v) is 10.2. The van der Waals surface area contributed by atoms with Gasteiger partial charge in [-0.25, -0.2) is 4.68 Å². The van der Waals surface area contributed by atoms with Crippen molar-refractivity contribution in [3.63, 3.8) is 0 Å². The van der Waals surface area contributed by atoms with Gasteiger partial charge in [0.1, 0.15) is 11.4 Å². The molecule has 40 heavy (non-hydrogen) atoms. The van der Waals surface area contributed by atoms with Crippen LogP contribution in [-0.4, -0.2) is 22.7 Å². The first-order valence-corrected chi connectivity index (χ1v) is 13.4. The molecule has 0 aliphatic carbocycles. The molecule has 0 saturated carbocycles. The molecule has 0 bridgehead atoms. The first-order chi connectivity index (χ1) is 19.6. The Morgan fingerprint density at radius 3 is 2.27 bits per heavy atom. The Morgan fingerprint density at radius 2 is 1.52 bits per heavy atom. The largest absolute Gasteiger partial charge is 0.497 e. The van der Waals surface area contributed by atoms with Gasteiger partial charge in [0.05, 0.1) is 12.8 Å². The van der Waals surface area contributed by atoms with E-state index in [-0.39, 0.29) is 5.78 Å². The van der Waals surface area contributed by atoms with Gasteiger partial charge in [0.25, 0.3) is 0 Å². The Labute approximate surface area is 236 Å². The quantitative estimate of drug-likeness (QED) is 0.120. The summed E-state index contributed by atoms with van der Waals surface area (Å²) in [5, 5.41) is 12.8. The summed E-state index contributed by atoms with van der Waals surface area (Å²) in [6, 6.07) is 34.0. The summed E-state index contributed by atoms with van der Waals surface area (Å²) in [6.45, 7) is 0. The number of nitrogens with zero attached hydrogens (tertiary/aromatic N) is 2. The van der Waals surface area contributed by atoms with Crippen LogP contribution in [0.2, 0.25) is 5.02 Å². The zero-order valence-electron chi connectivity index (χ0n) is 21.6. The lowest BCUT2D eigenvalue weighted by Gasteiger charge is -2.13. The molecule has 0 atom stereocenters. The van der Waals surface area contributed by atoms with Gasteiger partial charge in [0.2, 0.25) is 0 Å². The standard InChI is InChI=1S/C35H23ClN2O2/c1-40-29-15-10-22(11-16-29)32(39)19-14-26-21-38(28-7-3-6-27(36)20-28)37-35(26)31-18-13-25-9-8-23-4-2-5-24-12-17-30(31)34(25)33(23)24/h2-21H,1H3/b19-14+. The minimum atomic E-state index is -0.0977. The van der Waals surface area contributed by atoms with Crippen LogP contribution in [0, 0.1) is 0 Å². The third-order valence-electron chi connectivity index (χ3n) is 7.39. The summed E-state index contributed by atoms with van der Waals surface area (Å²) in [5.74, 6) is 0.610. The molecular formula is C35H23ClN2O2. The van der Waals surface area contributed by atoms with E-state index in [4.69, 9.17) is 21.4 Å². The number of benzene rings is 6. The van der Waals surface area contributed by atoms with Crippen molar-refractivity contribution in [1.82, 2.24) is 9.78 Å². The Bertz CT molecular complexity index is 2060. The second kappa shape index (κ2) is 9.67. The van der Waals surface area contributed by atoms with Crippen molar-refractivity contribution in [2.75, 3.05) is 7.11 Å². The molecule has 5 heteroatoms. The number of rotatable bonds is 6. The van der Waals surface area contributed by atoms with Crippen molar-refractivity contribution in [2.24, 2.45) is 0 Å². The highest BCUT2D eigenvalue weighted by Crippen LogP contribution is 2.40. The maximum atomic E-state index is 13.1. The molecule has 7 rings (SSSR count). The van der Waals surface area contributed by atoms with Crippen molar-refractivity contribution < 1.29 is 9.53 Å². The molecule has 0 amide bonds. The van der Waals surface area contributed by atoms with Crippen LogP contribution in [0.25, 0.3) is 55.3 Å². The van der Waals surface area contributed by atoms with Crippen LogP contribution in [0.1, 0.15) is 15.9 Å². The Kier molecular flexibility index (Phi) is 5.84. The van der Waals surface area contributed by atoms with E-state index >= 15 is 0 Å². The van der Waals surface area contributed by atoms with Crippen LogP contribution in [0.3, 0.4) is 0 Å². The Hall–Kier alpha value is -4.93. The highest BCUT2D eigenvalue weighted by Gasteiger charge is 2.17. The van der Waals surface area contributed by atoms with Crippen LogP contribution in [0.15, 0.2) is 115 Å². The van der Waals surface area contributed by atoms with E-state index < -0.39 is 0 Å². The molecule has 6 aromatic carbocycles. The van der Waals surface area contributed by atoms with Crippen molar-refractivity contribution in [1.29, 1.82) is 0 Å². The fraction of sp³-hybridized carbons (Fsp3) is 0.0286. The summed E-state index contributed by atoms with van der Waals surface area (Å²) >= 11 is 6.31. The lowest BCUT2D eigenvalue weighted by molar-refractivity contribution is 0.104. The van der Waals surface area contributed by atoms with Crippen molar-refractivity contribution in [3.8, 4) is 22.7 Å². The molecule has 0 fully saturated rings. The third kappa shape index (κ3) is 4.10. The van der Waals surface area contributed by atoms with E-state index in [9.17, 15) is 4.79 Å². The molecule has 0 spiro atoms. The number of methoxy groups -OCH3 is 1. The molecule has 0 unspecified atom stereocenters. The molecule has 0 aliphatic rings. The number of hydrogen-bond acceptors (Lipinski definition) is 3. The Balaban J connectivity index is 1.40. The zero-order valence-corrected chi connectivity index (χ0v) is 22.4. The van der Waals surface area contributed by atoms with E-state index in [1.54, 1.807) is 37.5 Å². The van der Waals surface area contributed by atoms with E-state index in [1.165, 1.54) is 26.9 Å². The SMILES string of the molecule is COc1ccc(C(=O)/C=C/c2cn(-c3cccc(Cl)c3)nc2-c2ccc3ccc4cccc5ccc2c3c45)cc1. The van der Waals surface area contributed by atoms with Gasteiger partial charge in [0.15, 0.2) is 5.78 Å². The lowest BCUT2D eigenvalue weighted by atomic mass is 9.90. The maximum Gasteiger partial charge on any atom is 0.185 e. The molecule has 1 heterocycles. The van der Waals surface area contributed by atoms with Gasteiger partial charge in [-0.15, -0.1) is 0 Å². The monoisotopic (exact) mass is 538 g/mol. The molecule has 1 aromatic heterocycles. The number of carbonyl (C=O) groups is 1. The Morgan fingerprint density at radius 1 is 0.825 bits per heavy atom. The summed E-state index contributed by atoms with van der Waals surface area (Å²) in [5.41, 5.74) is 4.05. The van der Waals surface area contributed by atoms with Crippen LogP contribution < -0.4 is 4.74 Å². The normalized spacial score (nSPS) is 11.8. The minimum Gasteiger partial charge on any atom is -0.497 e. The van der Waals surface area contributed by atoms with E-state index in [1.807, 2.05) is 41.2 Å². The summed E-state index contributed by atoms with van der Waals surface area (Å²) in [6.07, 6.45) is 5.38. The van der Waals surface area contributed by atoms with Crippen LogP contribution in [-0.2, 0) is 0 Å². The van der Waals surface area contributed by atoms with E-state index in [2.05, 4.69) is 54.6 Å². The highest BCUT2D eigenvalue weighted by molar-refractivity contribution is 6.30. The lowest BCUT2D eigenvalue weighted by Crippen LogP contribution is -1.95. The topological polar surface area (TPSA) is 44.1 Å². The van der Waals surface area contributed by atoms with Gasteiger partial charge in [-0.1, -0.05) is 72.3 Å². The zero-order chi connectivity index (χ0) is 27.2. The summed E-state index contributed by atoms with van der Waals surface area (Å²) < 4.78 is 7.04. The van der Waals surface area contributed by atoms with Crippen molar-refractivity contribution in [3.05, 3.63) is 132 Å². The molecule has 192 valence electrons. The minimum absolute atomic E-state index is 0.0977. The molecule has 0 N–H and O–H groups in total. The van der Waals surface area contributed by atoms with Gasteiger partial charge < -0.3 is 4.74 Å². The fourth-order valence-electron chi connectivity index (χ4n) is 5.43. The number of halogens is 1. The molecule has 4 nitrogen and oxygen atoms in total. The first-order valence-electron chi connectivity index (χ1n) is 13.0. The smallest absolute Gasteiger partial charge is 0.185 e. The van der Waals surface area contributed by atoms with Crippen LogP contribution >= 0.6 is 11.6 Å². The number of carbonyl (C=O) groups excluding carboxylic acids is 1. The predicted octanol–water partition coefficient (Wildman–Crippen LogP) is 8.99. The van der Waals surface area contributed by atoms with Crippen molar-refractivity contribution in [2.45, 2.75) is 0 Å². The fourth-order valence-corrected chi connectivity index (χ4v) is 5.61. The van der Waals surface area contributed by atoms with Gasteiger partial charge in [-0.3, -0.25) is 4.79 Å². The highest BCUT2D eigenvalue weighted by atomic mass is 35.5. The number of ether oxygens (including phenoxy) is 1. The number of aromatic nitrogens is 2. The van der Waals surface area contributed by atoms with Crippen LogP contribution in [0.5, 0.6) is 5.75 Å².